The van der Waals surface area contributed by atoms with Crippen molar-refractivity contribution in [1.29, 1.82) is 0 Å². The lowest BCUT2D eigenvalue weighted by Gasteiger charge is -2.04. The van der Waals surface area contributed by atoms with E-state index < -0.39 is 5.97 Å². The lowest BCUT2D eigenvalue weighted by Crippen LogP contribution is -1.94. The van der Waals surface area contributed by atoms with Gasteiger partial charge in [-0.2, -0.15) is 0 Å². The maximum Gasteiger partial charge on any atom is 0.347 e. The van der Waals surface area contributed by atoms with E-state index in [4.69, 9.17) is 9.84 Å². The highest BCUT2D eigenvalue weighted by Crippen LogP contribution is 2.39. The fourth-order valence-corrected chi connectivity index (χ4v) is 3.02. The molecule has 0 unspecified atom stereocenters. The van der Waals surface area contributed by atoms with Crippen LogP contribution in [0.4, 0.5) is 0 Å². The van der Waals surface area contributed by atoms with Crippen LogP contribution in [0.2, 0.25) is 0 Å². The van der Waals surface area contributed by atoms with Crippen LogP contribution in [0.3, 0.4) is 0 Å². The molecule has 4 nitrogen and oxygen atoms in total. The third-order valence-corrected chi connectivity index (χ3v) is 4.11. The zero-order valence-electron chi connectivity index (χ0n) is 9.77. The quantitative estimate of drug-likeness (QED) is 0.903. The summed E-state index contributed by atoms with van der Waals surface area (Å²) in [6.45, 7) is 2.40. The monoisotopic (exact) mass is 261 g/mol. The molecule has 0 bridgehead atoms. The molecule has 0 saturated carbocycles. The van der Waals surface area contributed by atoms with Crippen LogP contribution in [0.5, 0.6) is 5.75 Å². The Bertz CT molecular complexity index is 633. The molecule has 2 aromatic rings. The highest BCUT2D eigenvalue weighted by atomic mass is 32.1. The van der Waals surface area contributed by atoms with Gasteiger partial charge in [-0.05, 0) is 18.6 Å². The molecule has 18 heavy (non-hydrogen) atoms. The van der Waals surface area contributed by atoms with Crippen LogP contribution in [-0.4, -0.2) is 22.7 Å². The zero-order valence-corrected chi connectivity index (χ0v) is 10.6. The van der Waals surface area contributed by atoms with E-state index in [2.05, 4.69) is 4.98 Å². The van der Waals surface area contributed by atoms with Gasteiger partial charge in [0.05, 0.1) is 17.9 Å². The Labute approximate surface area is 108 Å². The predicted molar refractivity (Wildman–Crippen MR) is 68.4 cm³/mol. The van der Waals surface area contributed by atoms with E-state index >= 15 is 0 Å². The fraction of sp³-hybridized carbons (Fsp3) is 0.231. The number of aryl methyl sites for hydroxylation is 1. The number of carboxylic acids is 1. The number of carbonyl (C=O) groups is 1. The molecule has 0 aliphatic carbocycles. The third-order valence-electron chi connectivity index (χ3n) is 2.94. The van der Waals surface area contributed by atoms with E-state index in [0.717, 1.165) is 23.3 Å². The Balaban J connectivity index is 2.13. The van der Waals surface area contributed by atoms with E-state index in [9.17, 15) is 4.79 Å². The summed E-state index contributed by atoms with van der Waals surface area (Å²) in [6.07, 6.45) is 0.902. The van der Waals surface area contributed by atoms with Gasteiger partial charge in [-0.1, -0.05) is 12.1 Å². The number of hydrogen-bond acceptors (Lipinski definition) is 4. The minimum Gasteiger partial charge on any atom is -0.492 e. The Morgan fingerprint density at radius 2 is 2.33 bits per heavy atom. The second kappa shape index (κ2) is 4.10. The summed E-state index contributed by atoms with van der Waals surface area (Å²) in [5.74, 6) is -0.0760. The summed E-state index contributed by atoms with van der Waals surface area (Å²) in [6, 6.07) is 5.92. The summed E-state index contributed by atoms with van der Waals surface area (Å²) in [5.41, 5.74) is 2.61. The molecule has 2 heterocycles. The van der Waals surface area contributed by atoms with Crippen molar-refractivity contribution < 1.29 is 14.6 Å². The van der Waals surface area contributed by atoms with Crippen LogP contribution < -0.4 is 4.74 Å². The van der Waals surface area contributed by atoms with Crippen molar-refractivity contribution >= 4 is 17.3 Å². The van der Waals surface area contributed by atoms with E-state index in [0.29, 0.717) is 22.2 Å². The third kappa shape index (κ3) is 1.67. The molecule has 5 heteroatoms. The maximum absolute atomic E-state index is 11.0. The second-order valence-electron chi connectivity index (χ2n) is 4.13. The molecule has 1 aromatic carbocycles. The van der Waals surface area contributed by atoms with Crippen molar-refractivity contribution in [3.63, 3.8) is 0 Å². The van der Waals surface area contributed by atoms with Crippen LogP contribution in [0.15, 0.2) is 18.2 Å². The Hall–Kier alpha value is -1.88. The maximum atomic E-state index is 11.0. The predicted octanol–water partition coefficient (Wildman–Crippen LogP) is 2.75. The number of benzene rings is 1. The number of rotatable bonds is 2. The summed E-state index contributed by atoms with van der Waals surface area (Å²) < 4.78 is 5.61. The minimum atomic E-state index is -0.926. The van der Waals surface area contributed by atoms with Crippen molar-refractivity contribution in [2.24, 2.45) is 0 Å². The largest absolute Gasteiger partial charge is 0.492 e. The van der Waals surface area contributed by atoms with E-state index in [1.807, 2.05) is 18.2 Å². The summed E-state index contributed by atoms with van der Waals surface area (Å²) >= 11 is 1.20. The molecule has 0 fully saturated rings. The van der Waals surface area contributed by atoms with Gasteiger partial charge in [0.2, 0.25) is 0 Å². The van der Waals surface area contributed by atoms with Crippen molar-refractivity contribution in [1.82, 2.24) is 4.98 Å². The van der Waals surface area contributed by atoms with Crippen molar-refractivity contribution in [2.45, 2.75) is 13.3 Å². The van der Waals surface area contributed by atoms with Gasteiger partial charge in [0, 0.05) is 6.42 Å². The molecule has 1 aliphatic heterocycles. The Kier molecular flexibility index (Phi) is 2.56. The minimum absolute atomic E-state index is 0.292. The lowest BCUT2D eigenvalue weighted by atomic mass is 10.1. The van der Waals surface area contributed by atoms with Crippen molar-refractivity contribution in [3.05, 3.63) is 34.3 Å². The standard InChI is InChI=1S/C13H11NO3S/c1-7-11(13(15)16)18-12(14-7)9-4-2-3-8-5-6-17-10(8)9/h2-4H,5-6H2,1H3,(H,15,16). The molecule has 0 saturated heterocycles. The molecule has 92 valence electrons. The topological polar surface area (TPSA) is 59.4 Å². The molecule has 1 aromatic heterocycles. The fourth-order valence-electron chi connectivity index (χ4n) is 2.09. The van der Waals surface area contributed by atoms with E-state index in [1.165, 1.54) is 11.3 Å². The van der Waals surface area contributed by atoms with Gasteiger partial charge < -0.3 is 9.84 Å². The highest BCUT2D eigenvalue weighted by Gasteiger charge is 2.21. The molecule has 0 atom stereocenters. The number of aromatic nitrogens is 1. The highest BCUT2D eigenvalue weighted by molar-refractivity contribution is 7.17. The molecular formula is C13H11NO3S. The smallest absolute Gasteiger partial charge is 0.347 e. The molecule has 0 radical (unpaired) electrons. The van der Waals surface area contributed by atoms with Crippen molar-refractivity contribution in [2.75, 3.05) is 6.61 Å². The van der Waals surface area contributed by atoms with Gasteiger partial charge in [-0.15, -0.1) is 11.3 Å². The number of para-hydroxylation sites is 1. The first-order valence-corrected chi connectivity index (χ1v) is 6.44. The molecule has 0 spiro atoms. The van der Waals surface area contributed by atoms with Crippen LogP contribution in [-0.2, 0) is 6.42 Å². The average molecular weight is 261 g/mol. The summed E-state index contributed by atoms with van der Waals surface area (Å²) in [4.78, 5) is 15.7. The van der Waals surface area contributed by atoms with Gasteiger partial charge in [0.1, 0.15) is 15.6 Å². The SMILES string of the molecule is Cc1nc(-c2cccc3c2OCC3)sc1C(=O)O. The van der Waals surface area contributed by atoms with E-state index in [-0.39, 0.29) is 0 Å². The molecule has 0 amide bonds. The molecule has 1 N–H and O–H groups in total. The van der Waals surface area contributed by atoms with Crippen LogP contribution >= 0.6 is 11.3 Å². The van der Waals surface area contributed by atoms with Gasteiger partial charge in [0.15, 0.2) is 0 Å². The number of fused-ring (bicyclic) bond motifs is 1. The Morgan fingerprint density at radius 3 is 3.06 bits per heavy atom. The molecular weight excluding hydrogens is 250 g/mol. The molecule has 3 rings (SSSR count). The van der Waals surface area contributed by atoms with Gasteiger partial charge in [-0.25, -0.2) is 9.78 Å². The normalized spacial score (nSPS) is 13.2. The van der Waals surface area contributed by atoms with Crippen LogP contribution in [0.1, 0.15) is 20.9 Å². The van der Waals surface area contributed by atoms with Crippen molar-refractivity contribution in [3.8, 4) is 16.3 Å². The van der Waals surface area contributed by atoms with Crippen LogP contribution in [0.25, 0.3) is 10.6 Å². The number of aromatic carboxylic acids is 1. The molecule has 1 aliphatic rings. The first-order chi connectivity index (χ1) is 8.66. The van der Waals surface area contributed by atoms with E-state index in [1.54, 1.807) is 6.92 Å². The number of thiazole rings is 1. The number of nitrogens with zero attached hydrogens (tertiary/aromatic N) is 1. The average Bonchev–Trinajstić information content (AvgIpc) is 2.94. The number of carboxylic acid groups (broad SMARTS) is 1. The number of ether oxygens (including phenoxy) is 1. The van der Waals surface area contributed by atoms with Gasteiger partial charge >= 0.3 is 5.97 Å². The van der Waals surface area contributed by atoms with Crippen LogP contribution in [0, 0.1) is 6.92 Å². The summed E-state index contributed by atoms with van der Waals surface area (Å²) in [7, 11) is 0. The first kappa shape index (κ1) is 11.2. The first-order valence-electron chi connectivity index (χ1n) is 5.62. The lowest BCUT2D eigenvalue weighted by molar-refractivity contribution is 0.0701. The summed E-state index contributed by atoms with van der Waals surface area (Å²) in [5, 5.41) is 9.77. The second-order valence-corrected chi connectivity index (χ2v) is 5.13. The van der Waals surface area contributed by atoms with Gasteiger partial charge in [0.25, 0.3) is 0 Å². The number of hydrogen-bond donors (Lipinski definition) is 1. The Morgan fingerprint density at radius 1 is 1.50 bits per heavy atom. The zero-order chi connectivity index (χ0) is 12.7. The van der Waals surface area contributed by atoms with Gasteiger partial charge in [-0.3, -0.25) is 0 Å².